The van der Waals surface area contributed by atoms with Gasteiger partial charge in [0, 0.05) is 10.7 Å². The summed E-state index contributed by atoms with van der Waals surface area (Å²) in [5.41, 5.74) is 5.91. The van der Waals surface area contributed by atoms with Crippen LogP contribution < -0.4 is 5.48 Å². The zero-order valence-corrected chi connectivity index (χ0v) is 14.9. The Morgan fingerprint density at radius 1 is 1.36 bits per heavy atom. The second-order valence-corrected chi connectivity index (χ2v) is 7.53. The smallest absolute Gasteiger partial charge is 0.338 e. The molecule has 0 amide bonds. The molecule has 1 fully saturated rings. The van der Waals surface area contributed by atoms with Crippen molar-refractivity contribution in [3.63, 3.8) is 0 Å². The Morgan fingerprint density at radius 2 is 2.05 bits per heavy atom. The number of carbonyl (C=O) groups is 1. The van der Waals surface area contributed by atoms with E-state index in [1.165, 1.54) is 6.42 Å². The van der Waals surface area contributed by atoms with Crippen molar-refractivity contribution in [2.24, 2.45) is 16.7 Å². The van der Waals surface area contributed by atoms with Gasteiger partial charge in [0.1, 0.15) is 0 Å². The molecule has 2 aliphatic carbocycles. The topological polar surface area (TPSA) is 38.3 Å². The molecule has 3 atom stereocenters. The third kappa shape index (κ3) is 2.19. The molecule has 118 valence electrons. The molecule has 0 unspecified atom stereocenters. The van der Waals surface area contributed by atoms with Crippen LogP contribution >= 0.6 is 15.9 Å². The first kappa shape index (κ1) is 15.6. The summed E-state index contributed by atoms with van der Waals surface area (Å²) >= 11 is 3.67. The Labute approximate surface area is 140 Å². The van der Waals surface area contributed by atoms with E-state index in [4.69, 9.17) is 4.84 Å². The van der Waals surface area contributed by atoms with Gasteiger partial charge in [0.25, 0.3) is 0 Å². The fourth-order valence-electron chi connectivity index (χ4n) is 3.80. The molecule has 3 rings (SSSR count). The van der Waals surface area contributed by atoms with E-state index in [2.05, 4.69) is 41.3 Å². The van der Waals surface area contributed by atoms with Crippen LogP contribution in [0.2, 0.25) is 0 Å². The molecular weight excluding hydrogens is 342 g/mol. The highest BCUT2D eigenvalue weighted by Crippen LogP contribution is 2.65. The second-order valence-electron chi connectivity index (χ2n) is 6.97. The first-order valence-electron chi connectivity index (χ1n) is 7.73. The maximum Gasteiger partial charge on any atom is 0.362 e. The van der Waals surface area contributed by atoms with Crippen LogP contribution in [0.1, 0.15) is 42.6 Å². The summed E-state index contributed by atoms with van der Waals surface area (Å²) in [5, 5.41) is 0.953. The van der Waals surface area contributed by atoms with E-state index < -0.39 is 0 Å². The third-order valence-corrected chi connectivity index (χ3v) is 6.98. The quantitative estimate of drug-likeness (QED) is 0.637. The molecule has 0 radical (unpaired) electrons. The van der Waals surface area contributed by atoms with Crippen LogP contribution in [0.4, 0.5) is 0 Å². The molecule has 2 bridgehead atoms. The van der Waals surface area contributed by atoms with Crippen LogP contribution in [0, 0.1) is 23.7 Å². The highest BCUT2D eigenvalue weighted by molar-refractivity contribution is 9.09. The minimum absolute atomic E-state index is 0.0364. The maximum atomic E-state index is 12.1. The Balaban J connectivity index is 1.69. The molecule has 1 aromatic carbocycles. The van der Waals surface area contributed by atoms with Gasteiger partial charge in [-0.15, -0.1) is 0 Å². The van der Waals surface area contributed by atoms with Gasteiger partial charge in [0.05, 0.1) is 11.3 Å². The zero-order chi connectivity index (χ0) is 16.0. The van der Waals surface area contributed by atoms with Gasteiger partial charge in [0.15, 0.2) is 0 Å². The lowest BCUT2D eigenvalue weighted by molar-refractivity contribution is 0.0242. The average Bonchev–Trinajstić information content (AvgIpc) is 2.89. The van der Waals surface area contributed by atoms with Crippen LogP contribution in [-0.4, -0.2) is 11.3 Å². The minimum atomic E-state index is -0.340. The summed E-state index contributed by atoms with van der Waals surface area (Å²) in [4.78, 5) is 17.5. The summed E-state index contributed by atoms with van der Waals surface area (Å²) in [6.45, 7) is 6.57. The van der Waals surface area contributed by atoms with Gasteiger partial charge in [-0.25, -0.2) is 10.3 Å². The molecule has 1 saturated carbocycles. The van der Waals surface area contributed by atoms with Crippen LogP contribution in [0.5, 0.6) is 0 Å². The fraction of sp³-hybridized carbons (Fsp3) is 0.500. The molecule has 1 N–H and O–H groups in total. The Hall–Kier alpha value is -1.29. The number of carbonyl (C=O) groups excluding carboxylic acids is 1. The average molecular weight is 364 g/mol. The van der Waals surface area contributed by atoms with E-state index in [0.717, 1.165) is 23.0 Å². The number of alkyl halides is 1. The van der Waals surface area contributed by atoms with E-state index >= 15 is 0 Å². The van der Waals surface area contributed by atoms with Crippen molar-refractivity contribution in [3.8, 4) is 0 Å². The first-order chi connectivity index (χ1) is 10.4. The lowest BCUT2D eigenvalue weighted by atomic mass is 9.69. The van der Waals surface area contributed by atoms with E-state index in [0.29, 0.717) is 11.5 Å². The van der Waals surface area contributed by atoms with E-state index in [9.17, 15) is 4.79 Å². The number of fused-ring (bicyclic) bond motifs is 2. The molecule has 0 heterocycles. The summed E-state index contributed by atoms with van der Waals surface area (Å²) < 4.78 is 0. The molecule has 0 aliphatic heterocycles. The minimum Gasteiger partial charge on any atom is -0.338 e. The number of hydrogen-bond acceptors (Lipinski definition) is 3. The van der Waals surface area contributed by atoms with Gasteiger partial charge in [-0.1, -0.05) is 53.5 Å². The number of hydroxylamine groups is 1. The van der Waals surface area contributed by atoms with Crippen molar-refractivity contribution in [3.05, 3.63) is 47.2 Å². The standard InChI is InChI=1S/C18H22BrNO2/c1-12-4-6-13(7-5-12)16(21)22-20-15-10-14-8-9-17(15,2)18(14,3)11-19/h4-7,10,14,20H,8-9,11H2,1-3H3/t14-,17+,18-/m1/s1. The van der Waals surface area contributed by atoms with Gasteiger partial charge in [-0.3, -0.25) is 0 Å². The monoisotopic (exact) mass is 363 g/mol. The molecule has 0 saturated heterocycles. The molecule has 0 aromatic heterocycles. The van der Waals surface area contributed by atoms with Gasteiger partial charge < -0.3 is 4.84 Å². The van der Waals surface area contributed by atoms with Crippen molar-refractivity contribution < 1.29 is 9.63 Å². The summed E-state index contributed by atoms with van der Waals surface area (Å²) in [6.07, 6.45) is 4.57. The van der Waals surface area contributed by atoms with Gasteiger partial charge in [-0.05, 0) is 43.2 Å². The number of rotatable bonds is 4. The largest absolute Gasteiger partial charge is 0.362 e. The van der Waals surface area contributed by atoms with Crippen LogP contribution in [0.15, 0.2) is 36.0 Å². The molecule has 3 nitrogen and oxygen atoms in total. The maximum absolute atomic E-state index is 12.1. The highest BCUT2D eigenvalue weighted by atomic mass is 79.9. The second kappa shape index (κ2) is 5.41. The van der Waals surface area contributed by atoms with Crippen LogP contribution in [0.3, 0.4) is 0 Å². The molecule has 2 aliphatic rings. The molecule has 22 heavy (non-hydrogen) atoms. The number of nitrogens with one attached hydrogen (secondary N) is 1. The lowest BCUT2D eigenvalue weighted by Crippen LogP contribution is -2.38. The van der Waals surface area contributed by atoms with Gasteiger partial charge in [-0.2, -0.15) is 0 Å². The number of hydrogen-bond donors (Lipinski definition) is 1. The number of halogens is 1. The van der Waals surface area contributed by atoms with Crippen molar-refractivity contribution in [2.75, 3.05) is 5.33 Å². The third-order valence-electron chi connectivity index (χ3n) is 5.82. The Kier molecular flexibility index (Phi) is 3.84. The summed E-state index contributed by atoms with van der Waals surface area (Å²) in [6, 6.07) is 7.41. The molecule has 1 aromatic rings. The number of allylic oxidation sites excluding steroid dienone is 2. The summed E-state index contributed by atoms with van der Waals surface area (Å²) in [5.74, 6) is 0.199. The van der Waals surface area contributed by atoms with E-state index in [1.807, 2.05) is 19.1 Å². The lowest BCUT2D eigenvalue weighted by Gasteiger charge is -2.38. The van der Waals surface area contributed by atoms with E-state index in [1.54, 1.807) is 12.1 Å². The number of aryl methyl sites for hydroxylation is 1. The summed E-state index contributed by atoms with van der Waals surface area (Å²) in [7, 11) is 0. The predicted octanol–water partition coefficient (Wildman–Crippen LogP) is 4.37. The zero-order valence-electron chi connectivity index (χ0n) is 13.3. The molecule has 0 spiro atoms. The fourth-order valence-corrected chi connectivity index (χ4v) is 4.83. The molecule has 4 heteroatoms. The van der Waals surface area contributed by atoms with Gasteiger partial charge in [0.2, 0.25) is 0 Å². The Bertz CT molecular complexity index is 624. The first-order valence-corrected chi connectivity index (χ1v) is 8.85. The van der Waals surface area contributed by atoms with E-state index in [-0.39, 0.29) is 16.8 Å². The Morgan fingerprint density at radius 3 is 2.64 bits per heavy atom. The SMILES string of the molecule is Cc1ccc(C(=O)ONC2=C[C@H]3CC[C@]2(C)[C@]3(C)CBr)cc1. The molecular formula is C18H22BrNO2. The highest BCUT2D eigenvalue weighted by Gasteiger charge is 2.59. The van der Waals surface area contributed by atoms with Crippen molar-refractivity contribution >= 4 is 21.9 Å². The van der Waals surface area contributed by atoms with Crippen molar-refractivity contribution in [2.45, 2.75) is 33.6 Å². The normalized spacial score (nSPS) is 32.7. The number of benzene rings is 1. The van der Waals surface area contributed by atoms with Crippen molar-refractivity contribution in [1.29, 1.82) is 0 Å². The van der Waals surface area contributed by atoms with Crippen LogP contribution in [0.25, 0.3) is 0 Å². The van der Waals surface area contributed by atoms with Crippen LogP contribution in [-0.2, 0) is 4.84 Å². The predicted molar refractivity (Wildman–Crippen MR) is 90.5 cm³/mol. The van der Waals surface area contributed by atoms with Crippen molar-refractivity contribution in [1.82, 2.24) is 5.48 Å². The van der Waals surface area contributed by atoms with Gasteiger partial charge >= 0.3 is 5.97 Å².